The van der Waals surface area contributed by atoms with Gasteiger partial charge in [0, 0.05) is 0 Å². The van der Waals surface area contributed by atoms with E-state index in [1.807, 2.05) is 0 Å². The Labute approximate surface area is 107 Å². The lowest BCUT2D eigenvalue weighted by Gasteiger charge is -2.12. The molecule has 1 atom stereocenters. The second-order valence-electron chi connectivity index (χ2n) is 3.62. The van der Waals surface area contributed by atoms with Crippen LogP contribution in [-0.4, -0.2) is 26.2 Å². The molecule has 2 aromatic rings. The average molecular weight is 274 g/mol. The molecule has 5 nitrogen and oxygen atoms in total. The lowest BCUT2D eigenvalue weighted by atomic mass is 10.3. The van der Waals surface area contributed by atoms with Crippen molar-refractivity contribution in [2.24, 2.45) is 0 Å². The third kappa shape index (κ3) is 2.13. The Morgan fingerprint density at radius 2 is 2.24 bits per heavy atom. The first-order valence-corrected chi connectivity index (χ1v) is 5.64. The summed E-state index contributed by atoms with van der Waals surface area (Å²) in [5.41, 5.74) is 0.00482. The summed E-state index contributed by atoms with van der Waals surface area (Å²) in [4.78, 5) is 20.0. The second-order valence-corrected chi connectivity index (χ2v) is 4.37. The molecule has 7 heteroatoms. The first-order chi connectivity index (χ1) is 8.04. The van der Waals surface area contributed by atoms with Crippen molar-refractivity contribution in [3.8, 4) is 0 Å². The summed E-state index contributed by atoms with van der Waals surface area (Å²) < 4.78 is 1.33. The van der Waals surface area contributed by atoms with Crippen LogP contribution in [0, 0.1) is 0 Å². The number of pyridine rings is 1. The number of hydrogen-bond acceptors (Lipinski definition) is 4. The van der Waals surface area contributed by atoms with E-state index in [4.69, 9.17) is 28.3 Å². The number of aliphatic hydroxyl groups is 1. The van der Waals surface area contributed by atoms with Gasteiger partial charge in [0.15, 0.2) is 5.15 Å². The van der Waals surface area contributed by atoms with Gasteiger partial charge in [-0.1, -0.05) is 23.2 Å². The zero-order chi connectivity index (χ0) is 12.6. The average Bonchev–Trinajstić information content (AvgIpc) is 2.29. The summed E-state index contributed by atoms with van der Waals surface area (Å²) in [7, 11) is 0. The van der Waals surface area contributed by atoms with Crippen molar-refractivity contribution in [3.63, 3.8) is 0 Å². The van der Waals surface area contributed by atoms with Gasteiger partial charge < -0.3 is 5.11 Å². The number of aromatic nitrogens is 3. The van der Waals surface area contributed by atoms with Crippen molar-refractivity contribution in [3.05, 3.63) is 33.1 Å². The molecule has 0 aromatic carbocycles. The Bertz CT molecular complexity index is 627. The molecule has 2 aromatic heterocycles. The molecular formula is C10H9Cl2N3O2. The maximum Gasteiger partial charge on any atom is 0.261 e. The molecule has 0 bridgehead atoms. The fourth-order valence-electron chi connectivity index (χ4n) is 1.48. The van der Waals surface area contributed by atoms with Crippen molar-refractivity contribution in [1.82, 2.24) is 14.5 Å². The highest BCUT2D eigenvalue weighted by Crippen LogP contribution is 2.20. The van der Waals surface area contributed by atoms with Gasteiger partial charge in [-0.05, 0) is 13.0 Å². The molecule has 0 saturated carbocycles. The van der Waals surface area contributed by atoms with Gasteiger partial charge in [0.1, 0.15) is 10.7 Å². The third-order valence-electron chi connectivity index (χ3n) is 2.43. The van der Waals surface area contributed by atoms with Crippen molar-refractivity contribution in [2.75, 3.05) is 6.61 Å². The van der Waals surface area contributed by atoms with Gasteiger partial charge in [0.25, 0.3) is 5.56 Å². The first kappa shape index (κ1) is 12.3. The maximum absolute atomic E-state index is 12.1. The quantitative estimate of drug-likeness (QED) is 0.845. The predicted molar refractivity (Wildman–Crippen MR) is 65.6 cm³/mol. The highest BCUT2D eigenvalue weighted by Gasteiger charge is 2.12. The number of aliphatic hydroxyl groups excluding tert-OH is 1. The van der Waals surface area contributed by atoms with Crippen molar-refractivity contribution < 1.29 is 5.11 Å². The standard InChI is InChI=1S/C10H9Cl2N3O2/c1-5(3-16)15-4-13-8-6(10(15)17)2-7(11)14-9(8)12/h2,4-5,16H,3H2,1H3. The van der Waals surface area contributed by atoms with Gasteiger partial charge in [-0.25, -0.2) is 9.97 Å². The van der Waals surface area contributed by atoms with E-state index < -0.39 is 0 Å². The number of halogens is 2. The van der Waals surface area contributed by atoms with Crippen LogP contribution in [0.4, 0.5) is 0 Å². The van der Waals surface area contributed by atoms with E-state index in [1.54, 1.807) is 6.92 Å². The largest absolute Gasteiger partial charge is 0.394 e. The minimum absolute atomic E-state index is 0.0911. The molecule has 0 spiro atoms. The summed E-state index contributed by atoms with van der Waals surface area (Å²) in [6.07, 6.45) is 1.34. The molecule has 0 amide bonds. The van der Waals surface area contributed by atoms with Gasteiger partial charge in [0.2, 0.25) is 0 Å². The van der Waals surface area contributed by atoms with E-state index in [9.17, 15) is 4.79 Å². The smallest absolute Gasteiger partial charge is 0.261 e. The summed E-state index contributed by atoms with van der Waals surface area (Å²) in [5, 5.41) is 9.56. The van der Waals surface area contributed by atoms with E-state index in [0.29, 0.717) is 5.52 Å². The van der Waals surface area contributed by atoms with Crippen LogP contribution in [0.5, 0.6) is 0 Å². The maximum atomic E-state index is 12.1. The topological polar surface area (TPSA) is 68.0 Å². The highest BCUT2D eigenvalue weighted by molar-refractivity contribution is 6.36. The molecular weight excluding hydrogens is 265 g/mol. The zero-order valence-corrected chi connectivity index (χ0v) is 10.4. The first-order valence-electron chi connectivity index (χ1n) is 4.88. The highest BCUT2D eigenvalue weighted by atomic mass is 35.5. The van der Waals surface area contributed by atoms with Crippen molar-refractivity contribution in [1.29, 1.82) is 0 Å². The lowest BCUT2D eigenvalue weighted by molar-refractivity contribution is 0.236. The van der Waals surface area contributed by atoms with E-state index in [-0.39, 0.29) is 33.9 Å². The molecule has 0 aliphatic heterocycles. The fraction of sp³-hybridized carbons (Fsp3) is 0.300. The van der Waals surface area contributed by atoms with Gasteiger partial charge in [-0.3, -0.25) is 9.36 Å². The molecule has 0 aliphatic carbocycles. The van der Waals surface area contributed by atoms with Crippen LogP contribution < -0.4 is 5.56 Å². The molecule has 90 valence electrons. The van der Waals surface area contributed by atoms with Crippen LogP contribution in [0.15, 0.2) is 17.2 Å². The molecule has 2 heterocycles. The van der Waals surface area contributed by atoms with E-state index >= 15 is 0 Å². The zero-order valence-electron chi connectivity index (χ0n) is 8.89. The van der Waals surface area contributed by atoms with Crippen molar-refractivity contribution >= 4 is 34.1 Å². The summed E-state index contributed by atoms with van der Waals surface area (Å²) in [5.74, 6) is 0. The Hall–Kier alpha value is -1.17. The van der Waals surface area contributed by atoms with Crippen LogP contribution in [0.1, 0.15) is 13.0 Å². The van der Waals surface area contributed by atoms with Crippen molar-refractivity contribution in [2.45, 2.75) is 13.0 Å². The van der Waals surface area contributed by atoms with Gasteiger partial charge in [0.05, 0.1) is 24.4 Å². The second kappa shape index (κ2) is 4.60. The van der Waals surface area contributed by atoms with E-state index in [2.05, 4.69) is 9.97 Å². The third-order valence-corrected chi connectivity index (χ3v) is 2.89. The molecule has 0 radical (unpaired) electrons. The normalized spacial score (nSPS) is 12.9. The van der Waals surface area contributed by atoms with Crippen LogP contribution in [0.2, 0.25) is 10.3 Å². The van der Waals surface area contributed by atoms with Crippen LogP contribution >= 0.6 is 23.2 Å². The number of hydrogen-bond donors (Lipinski definition) is 1. The lowest BCUT2D eigenvalue weighted by Crippen LogP contribution is -2.25. The molecule has 1 unspecified atom stereocenters. The number of rotatable bonds is 2. The molecule has 2 rings (SSSR count). The van der Waals surface area contributed by atoms with Gasteiger partial charge in [-0.15, -0.1) is 0 Å². The van der Waals surface area contributed by atoms with Gasteiger partial charge >= 0.3 is 0 Å². The Morgan fingerprint density at radius 3 is 2.88 bits per heavy atom. The Balaban J connectivity index is 2.80. The predicted octanol–water partition coefficient (Wildman–Crippen LogP) is 1.65. The molecule has 0 fully saturated rings. The SMILES string of the molecule is CC(CO)n1cnc2c(Cl)nc(Cl)cc2c1=O. The molecule has 17 heavy (non-hydrogen) atoms. The van der Waals surface area contributed by atoms with Crippen LogP contribution in [-0.2, 0) is 0 Å². The number of nitrogens with zero attached hydrogens (tertiary/aromatic N) is 3. The molecule has 0 aliphatic rings. The van der Waals surface area contributed by atoms with E-state index in [0.717, 1.165) is 0 Å². The summed E-state index contributed by atoms with van der Waals surface area (Å²) >= 11 is 11.6. The minimum atomic E-state index is -0.356. The molecule has 1 N–H and O–H groups in total. The van der Waals surface area contributed by atoms with E-state index in [1.165, 1.54) is 17.0 Å². The minimum Gasteiger partial charge on any atom is -0.394 e. The van der Waals surface area contributed by atoms with Gasteiger partial charge in [-0.2, -0.15) is 0 Å². The number of fused-ring (bicyclic) bond motifs is 1. The fourth-order valence-corrected chi connectivity index (χ4v) is 1.96. The summed E-state index contributed by atoms with van der Waals surface area (Å²) in [6, 6.07) is 1.06. The summed E-state index contributed by atoms with van der Waals surface area (Å²) in [6.45, 7) is 1.55. The van der Waals surface area contributed by atoms with Crippen LogP contribution in [0.25, 0.3) is 10.9 Å². The Morgan fingerprint density at radius 1 is 1.53 bits per heavy atom. The molecule has 0 saturated heterocycles. The monoisotopic (exact) mass is 273 g/mol. The van der Waals surface area contributed by atoms with Crippen LogP contribution in [0.3, 0.4) is 0 Å². The Kier molecular flexibility index (Phi) is 3.33.